The minimum absolute atomic E-state index is 0.166. The van der Waals surface area contributed by atoms with Crippen LogP contribution in [0.1, 0.15) is 16.7 Å². The molecule has 12 heavy (non-hydrogen) atoms. The van der Waals surface area contributed by atoms with E-state index in [0.717, 1.165) is 5.56 Å². The van der Waals surface area contributed by atoms with Gasteiger partial charge in [0.1, 0.15) is 5.82 Å². The highest BCUT2D eigenvalue weighted by Gasteiger charge is 2.04. The van der Waals surface area contributed by atoms with E-state index in [0.29, 0.717) is 11.1 Å². The number of hydrogen-bond acceptors (Lipinski definition) is 1. The Balaban J connectivity index is 3.26. The van der Waals surface area contributed by atoms with Crippen LogP contribution in [0.2, 0.25) is 0 Å². The second-order valence-corrected chi connectivity index (χ2v) is 2.80. The summed E-state index contributed by atoms with van der Waals surface area (Å²) in [6, 6.07) is 3.64. The zero-order valence-electron chi connectivity index (χ0n) is 7.56. The van der Waals surface area contributed by atoms with Gasteiger partial charge in [-0.1, -0.05) is 12.1 Å². The maximum Gasteiger partial charge on any atom is 0.135 e. The Kier molecular flexibility index (Phi) is 2.58. The predicted molar refractivity (Wildman–Crippen MR) is 49.4 cm³/mol. The third-order valence-corrected chi connectivity index (χ3v) is 1.96. The van der Waals surface area contributed by atoms with Gasteiger partial charge in [-0.2, -0.15) is 0 Å². The van der Waals surface area contributed by atoms with Crippen molar-refractivity contribution in [1.82, 2.24) is 0 Å². The van der Waals surface area contributed by atoms with Crippen LogP contribution in [0.5, 0.6) is 0 Å². The van der Waals surface area contributed by atoms with Crippen molar-refractivity contribution < 1.29 is 4.39 Å². The second-order valence-electron chi connectivity index (χ2n) is 2.80. The van der Waals surface area contributed by atoms with Crippen LogP contribution in [0.15, 0.2) is 17.1 Å². The van der Waals surface area contributed by atoms with Crippen LogP contribution < -0.4 is 0 Å². The summed E-state index contributed by atoms with van der Waals surface area (Å²) in [6.45, 7) is 3.67. The zero-order chi connectivity index (χ0) is 9.14. The van der Waals surface area contributed by atoms with Gasteiger partial charge in [0.15, 0.2) is 0 Å². The first-order chi connectivity index (χ1) is 5.66. The molecule has 0 fully saturated rings. The van der Waals surface area contributed by atoms with Crippen LogP contribution >= 0.6 is 0 Å². The number of halogens is 1. The number of aliphatic imine (C=N–C) groups is 1. The Morgan fingerprint density at radius 1 is 1.33 bits per heavy atom. The summed E-state index contributed by atoms with van der Waals surface area (Å²) in [7, 11) is 1.63. The molecule has 1 aromatic rings. The fourth-order valence-corrected chi connectivity index (χ4v) is 1.04. The Bertz CT molecular complexity index is 316. The Hall–Kier alpha value is -1.18. The molecular formula is C10H12FN. The van der Waals surface area contributed by atoms with Crippen LogP contribution in [0.25, 0.3) is 0 Å². The smallest absolute Gasteiger partial charge is 0.135 e. The molecule has 0 aliphatic rings. The van der Waals surface area contributed by atoms with E-state index < -0.39 is 0 Å². The summed E-state index contributed by atoms with van der Waals surface area (Å²) in [6.07, 6.45) is 1.53. The molecule has 0 heterocycles. The van der Waals surface area contributed by atoms with Crippen LogP contribution in [0, 0.1) is 19.7 Å². The molecule has 0 aliphatic heterocycles. The molecule has 0 saturated heterocycles. The third-order valence-electron chi connectivity index (χ3n) is 1.96. The van der Waals surface area contributed by atoms with Crippen LogP contribution in [0.3, 0.4) is 0 Å². The maximum atomic E-state index is 13.4. The van der Waals surface area contributed by atoms with Gasteiger partial charge in [-0.3, -0.25) is 4.99 Å². The number of aryl methyl sites for hydroxylation is 1. The van der Waals surface area contributed by atoms with E-state index in [-0.39, 0.29) is 5.82 Å². The zero-order valence-corrected chi connectivity index (χ0v) is 7.56. The Morgan fingerprint density at radius 3 is 2.58 bits per heavy atom. The molecule has 0 atom stereocenters. The first-order valence-corrected chi connectivity index (χ1v) is 3.84. The van der Waals surface area contributed by atoms with Gasteiger partial charge in [-0.25, -0.2) is 4.39 Å². The SMILES string of the molecule is CN=Cc1ccc(C)c(C)c1F. The van der Waals surface area contributed by atoms with Crippen molar-refractivity contribution in [3.63, 3.8) is 0 Å². The fraction of sp³-hybridized carbons (Fsp3) is 0.300. The highest BCUT2D eigenvalue weighted by atomic mass is 19.1. The van der Waals surface area contributed by atoms with Gasteiger partial charge >= 0.3 is 0 Å². The van der Waals surface area contributed by atoms with Gasteiger partial charge in [-0.15, -0.1) is 0 Å². The van der Waals surface area contributed by atoms with E-state index in [1.54, 1.807) is 20.0 Å². The lowest BCUT2D eigenvalue weighted by Gasteiger charge is -2.03. The topological polar surface area (TPSA) is 12.4 Å². The van der Waals surface area contributed by atoms with Crippen molar-refractivity contribution in [3.05, 3.63) is 34.6 Å². The molecule has 0 N–H and O–H groups in total. The molecule has 0 amide bonds. The second kappa shape index (κ2) is 3.48. The van der Waals surface area contributed by atoms with E-state index in [1.165, 1.54) is 6.21 Å². The standard InChI is InChI=1S/C10H12FN/c1-7-4-5-9(6-12-3)10(11)8(7)2/h4-6H,1-3H3. The molecule has 0 saturated carbocycles. The van der Waals surface area contributed by atoms with E-state index in [9.17, 15) is 4.39 Å². The van der Waals surface area contributed by atoms with E-state index in [4.69, 9.17) is 0 Å². The van der Waals surface area contributed by atoms with Crippen molar-refractivity contribution in [2.75, 3.05) is 7.05 Å². The largest absolute Gasteiger partial charge is 0.296 e. The quantitative estimate of drug-likeness (QED) is 0.567. The van der Waals surface area contributed by atoms with Crippen molar-refractivity contribution in [2.24, 2.45) is 4.99 Å². The van der Waals surface area contributed by atoms with Crippen molar-refractivity contribution in [3.8, 4) is 0 Å². The molecule has 0 unspecified atom stereocenters. The van der Waals surface area contributed by atoms with E-state index >= 15 is 0 Å². The lowest BCUT2D eigenvalue weighted by atomic mass is 10.1. The number of nitrogens with zero attached hydrogens (tertiary/aromatic N) is 1. The Morgan fingerprint density at radius 2 is 2.00 bits per heavy atom. The monoisotopic (exact) mass is 165 g/mol. The number of hydrogen-bond donors (Lipinski definition) is 0. The molecule has 64 valence electrons. The van der Waals surface area contributed by atoms with Gasteiger partial charge in [0.25, 0.3) is 0 Å². The molecule has 0 radical (unpaired) electrons. The highest BCUT2D eigenvalue weighted by molar-refractivity contribution is 5.80. The molecule has 1 rings (SSSR count). The number of benzene rings is 1. The third kappa shape index (κ3) is 1.52. The van der Waals surface area contributed by atoms with Crippen LogP contribution in [0.4, 0.5) is 4.39 Å². The lowest BCUT2D eigenvalue weighted by molar-refractivity contribution is 0.615. The molecule has 2 heteroatoms. The van der Waals surface area contributed by atoms with Crippen molar-refractivity contribution in [2.45, 2.75) is 13.8 Å². The normalized spacial score (nSPS) is 11.0. The summed E-state index contributed by atoms with van der Waals surface area (Å²) in [5.74, 6) is -0.166. The summed E-state index contributed by atoms with van der Waals surface area (Å²) < 4.78 is 13.4. The number of rotatable bonds is 1. The minimum Gasteiger partial charge on any atom is -0.296 e. The summed E-state index contributed by atoms with van der Waals surface area (Å²) in [4.78, 5) is 3.77. The fourth-order valence-electron chi connectivity index (χ4n) is 1.04. The minimum atomic E-state index is -0.166. The van der Waals surface area contributed by atoms with E-state index in [1.807, 2.05) is 13.0 Å². The summed E-state index contributed by atoms with van der Waals surface area (Å²) in [5, 5.41) is 0. The molecule has 0 spiro atoms. The molecule has 0 aromatic heterocycles. The predicted octanol–water partition coefficient (Wildman–Crippen LogP) is 2.49. The maximum absolute atomic E-state index is 13.4. The molecule has 1 nitrogen and oxygen atoms in total. The molecule has 0 bridgehead atoms. The molecule has 0 aliphatic carbocycles. The van der Waals surface area contributed by atoms with Gasteiger partial charge in [-0.05, 0) is 25.0 Å². The molecule has 1 aromatic carbocycles. The average Bonchev–Trinajstić information content (AvgIpc) is 2.07. The van der Waals surface area contributed by atoms with E-state index in [2.05, 4.69) is 4.99 Å². The van der Waals surface area contributed by atoms with Gasteiger partial charge in [0.05, 0.1) is 0 Å². The van der Waals surface area contributed by atoms with Crippen molar-refractivity contribution >= 4 is 6.21 Å². The van der Waals surface area contributed by atoms with Gasteiger partial charge in [0, 0.05) is 18.8 Å². The average molecular weight is 165 g/mol. The summed E-state index contributed by atoms with van der Waals surface area (Å²) >= 11 is 0. The Labute approximate surface area is 72.0 Å². The summed E-state index contributed by atoms with van der Waals surface area (Å²) in [5.41, 5.74) is 2.23. The first-order valence-electron chi connectivity index (χ1n) is 3.84. The van der Waals surface area contributed by atoms with Crippen LogP contribution in [-0.4, -0.2) is 13.3 Å². The highest BCUT2D eigenvalue weighted by Crippen LogP contribution is 2.14. The van der Waals surface area contributed by atoms with Crippen molar-refractivity contribution in [1.29, 1.82) is 0 Å². The van der Waals surface area contributed by atoms with Gasteiger partial charge in [0.2, 0.25) is 0 Å². The first kappa shape index (κ1) is 8.91. The van der Waals surface area contributed by atoms with Crippen LogP contribution in [-0.2, 0) is 0 Å². The molecular weight excluding hydrogens is 153 g/mol. The van der Waals surface area contributed by atoms with Gasteiger partial charge < -0.3 is 0 Å². The lowest BCUT2D eigenvalue weighted by Crippen LogP contribution is -1.94.